The van der Waals surface area contributed by atoms with E-state index in [2.05, 4.69) is 20.9 Å². The van der Waals surface area contributed by atoms with Crippen molar-refractivity contribution in [1.82, 2.24) is 15.5 Å². The lowest BCUT2D eigenvalue weighted by atomic mass is 9.96. The smallest absolute Gasteiger partial charge is 0.411 e. The zero-order valence-corrected chi connectivity index (χ0v) is 19.7. The molecule has 4 rings (SSSR count). The number of piperidine rings is 1. The second-order valence-corrected chi connectivity index (χ2v) is 9.15. The first-order valence-corrected chi connectivity index (χ1v) is 12.3. The van der Waals surface area contributed by atoms with Gasteiger partial charge in [0.25, 0.3) is 0 Å². The minimum atomic E-state index is -0.552. The van der Waals surface area contributed by atoms with Crippen LogP contribution in [-0.2, 0) is 11.3 Å². The lowest BCUT2D eigenvalue weighted by molar-refractivity contribution is 0.168. The van der Waals surface area contributed by atoms with Crippen LogP contribution in [0, 0.1) is 0 Å². The second-order valence-electron chi connectivity index (χ2n) is 9.15. The molecule has 1 aliphatic heterocycles. The maximum Gasteiger partial charge on any atom is 0.411 e. The van der Waals surface area contributed by atoms with Crippen molar-refractivity contribution in [3.05, 3.63) is 40.2 Å². The Morgan fingerprint density at radius 1 is 1.03 bits per heavy atom. The summed E-state index contributed by atoms with van der Waals surface area (Å²) in [6, 6.07) is 7.20. The Morgan fingerprint density at radius 2 is 1.74 bits per heavy atom. The standard InChI is InChI=1S/C25H34N4O5/c1-2-33-25(32)28-20-8-9-21-17(14-23(30)34-22(21)15-20)16-29-12-10-19(11-13-29)27-24(31)26-18-6-4-3-5-7-18/h8-9,14-15,18-19H,2-7,10-13,16H2,1H3,(H,28,32)(H2,26,27,31). The summed E-state index contributed by atoms with van der Waals surface area (Å²) in [5.41, 5.74) is 1.39. The molecule has 2 heterocycles. The van der Waals surface area contributed by atoms with Crippen molar-refractivity contribution in [2.75, 3.05) is 25.0 Å². The average molecular weight is 471 g/mol. The van der Waals surface area contributed by atoms with Gasteiger partial charge in [-0.25, -0.2) is 14.4 Å². The Balaban J connectivity index is 1.32. The molecule has 0 radical (unpaired) electrons. The molecule has 34 heavy (non-hydrogen) atoms. The first-order chi connectivity index (χ1) is 16.5. The average Bonchev–Trinajstić information content (AvgIpc) is 2.81. The molecule has 184 valence electrons. The number of carbonyl (C=O) groups excluding carboxylic acids is 2. The highest BCUT2D eigenvalue weighted by atomic mass is 16.5. The van der Waals surface area contributed by atoms with Gasteiger partial charge < -0.3 is 19.8 Å². The van der Waals surface area contributed by atoms with Crippen molar-refractivity contribution in [2.24, 2.45) is 0 Å². The highest BCUT2D eigenvalue weighted by Crippen LogP contribution is 2.24. The number of ether oxygens (including phenoxy) is 1. The number of nitrogens with zero attached hydrogens (tertiary/aromatic N) is 1. The van der Waals surface area contributed by atoms with E-state index in [1.54, 1.807) is 19.1 Å². The topological polar surface area (TPSA) is 113 Å². The molecule has 2 aliphatic rings. The summed E-state index contributed by atoms with van der Waals surface area (Å²) in [5.74, 6) is 0. The predicted octanol–water partition coefficient (Wildman–Crippen LogP) is 3.96. The Bertz CT molecular complexity index is 1050. The van der Waals surface area contributed by atoms with Gasteiger partial charge in [-0.15, -0.1) is 0 Å². The van der Waals surface area contributed by atoms with E-state index in [-0.39, 0.29) is 18.7 Å². The fourth-order valence-corrected chi connectivity index (χ4v) is 4.86. The Hall–Kier alpha value is -3.07. The predicted molar refractivity (Wildman–Crippen MR) is 130 cm³/mol. The van der Waals surface area contributed by atoms with Crippen LogP contribution in [0.2, 0.25) is 0 Å². The number of amides is 3. The Labute approximate surface area is 199 Å². The van der Waals surface area contributed by atoms with E-state index in [9.17, 15) is 14.4 Å². The second kappa shape index (κ2) is 11.4. The molecule has 0 unspecified atom stereocenters. The third-order valence-corrected chi connectivity index (χ3v) is 6.61. The molecule has 1 saturated carbocycles. The van der Waals surface area contributed by atoms with E-state index < -0.39 is 11.7 Å². The zero-order chi connectivity index (χ0) is 23.9. The van der Waals surface area contributed by atoms with Crippen LogP contribution < -0.4 is 21.6 Å². The van der Waals surface area contributed by atoms with Crippen LogP contribution in [0.1, 0.15) is 57.4 Å². The lowest BCUT2D eigenvalue weighted by Crippen LogP contribution is -2.50. The summed E-state index contributed by atoms with van der Waals surface area (Å²) >= 11 is 0. The Morgan fingerprint density at radius 3 is 2.44 bits per heavy atom. The molecular weight excluding hydrogens is 436 g/mol. The zero-order valence-electron chi connectivity index (χ0n) is 19.7. The monoisotopic (exact) mass is 470 g/mol. The molecule has 3 amide bonds. The highest BCUT2D eigenvalue weighted by molar-refractivity contribution is 5.90. The SMILES string of the molecule is CCOC(=O)Nc1ccc2c(CN3CCC(NC(=O)NC4CCCCC4)CC3)cc(=O)oc2c1. The van der Waals surface area contributed by atoms with E-state index in [0.29, 0.717) is 23.9 Å². The fraction of sp³-hybridized carbons (Fsp3) is 0.560. The van der Waals surface area contributed by atoms with Gasteiger partial charge in [0.2, 0.25) is 0 Å². The maximum absolute atomic E-state index is 12.4. The maximum atomic E-state index is 12.4. The van der Waals surface area contributed by atoms with Crippen LogP contribution in [0.25, 0.3) is 11.0 Å². The number of likely N-dealkylation sites (tertiary alicyclic amines) is 1. The van der Waals surface area contributed by atoms with E-state index in [0.717, 1.165) is 49.7 Å². The van der Waals surface area contributed by atoms with E-state index in [1.165, 1.54) is 25.3 Å². The molecule has 1 aromatic heterocycles. The highest BCUT2D eigenvalue weighted by Gasteiger charge is 2.23. The molecule has 1 aliphatic carbocycles. The summed E-state index contributed by atoms with van der Waals surface area (Å²) in [6.45, 7) is 4.29. The first kappa shape index (κ1) is 24.1. The summed E-state index contributed by atoms with van der Waals surface area (Å²) in [7, 11) is 0. The number of benzene rings is 1. The van der Waals surface area contributed by atoms with Gasteiger partial charge in [0, 0.05) is 54.9 Å². The van der Waals surface area contributed by atoms with Gasteiger partial charge in [-0.05, 0) is 50.3 Å². The molecular formula is C25H34N4O5. The number of fused-ring (bicyclic) bond motifs is 1. The molecule has 2 aromatic rings. The van der Waals surface area contributed by atoms with Crippen LogP contribution in [0.3, 0.4) is 0 Å². The van der Waals surface area contributed by atoms with Crippen molar-refractivity contribution in [3.63, 3.8) is 0 Å². The van der Waals surface area contributed by atoms with Crippen molar-refractivity contribution in [3.8, 4) is 0 Å². The van der Waals surface area contributed by atoms with Gasteiger partial charge in [-0.3, -0.25) is 10.2 Å². The van der Waals surface area contributed by atoms with Crippen molar-refractivity contribution >= 4 is 28.8 Å². The molecule has 2 fully saturated rings. The molecule has 1 saturated heterocycles. The van der Waals surface area contributed by atoms with Crippen LogP contribution in [0.5, 0.6) is 0 Å². The number of rotatable bonds is 6. The third-order valence-electron chi connectivity index (χ3n) is 6.61. The van der Waals surface area contributed by atoms with Crippen LogP contribution >= 0.6 is 0 Å². The first-order valence-electron chi connectivity index (χ1n) is 12.3. The molecule has 3 N–H and O–H groups in total. The minimum Gasteiger partial charge on any atom is -0.450 e. The summed E-state index contributed by atoms with van der Waals surface area (Å²) in [5, 5.41) is 9.72. The van der Waals surface area contributed by atoms with Crippen molar-refractivity contribution in [2.45, 2.75) is 70.5 Å². The molecule has 0 spiro atoms. The van der Waals surface area contributed by atoms with Crippen LogP contribution in [0.4, 0.5) is 15.3 Å². The summed E-state index contributed by atoms with van der Waals surface area (Å²) < 4.78 is 10.3. The number of carbonyl (C=O) groups is 2. The van der Waals surface area contributed by atoms with Crippen molar-refractivity contribution < 1.29 is 18.7 Å². The normalized spacial score (nSPS) is 17.9. The van der Waals surface area contributed by atoms with Gasteiger partial charge in [0.15, 0.2) is 0 Å². The van der Waals surface area contributed by atoms with Crippen LogP contribution in [-0.4, -0.2) is 48.8 Å². The van der Waals surface area contributed by atoms with E-state index in [4.69, 9.17) is 9.15 Å². The van der Waals surface area contributed by atoms with Crippen LogP contribution in [0.15, 0.2) is 33.5 Å². The molecule has 9 heteroatoms. The van der Waals surface area contributed by atoms with Gasteiger partial charge in [-0.2, -0.15) is 0 Å². The number of anilines is 1. The number of urea groups is 1. The van der Waals surface area contributed by atoms with Crippen molar-refractivity contribution in [1.29, 1.82) is 0 Å². The third kappa shape index (κ3) is 6.50. The molecule has 9 nitrogen and oxygen atoms in total. The Kier molecular flexibility index (Phi) is 8.05. The van der Waals surface area contributed by atoms with Gasteiger partial charge >= 0.3 is 17.7 Å². The summed E-state index contributed by atoms with van der Waals surface area (Å²) in [6.07, 6.45) is 6.98. The van der Waals surface area contributed by atoms with Gasteiger partial charge in [0.1, 0.15) is 5.58 Å². The number of hydrogen-bond acceptors (Lipinski definition) is 6. The number of nitrogens with one attached hydrogen (secondary N) is 3. The number of hydrogen-bond donors (Lipinski definition) is 3. The fourth-order valence-electron chi connectivity index (χ4n) is 4.86. The van der Waals surface area contributed by atoms with E-state index in [1.807, 2.05) is 6.07 Å². The van der Waals surface area contributed by atoms with Gasteiger partial charge in [0.05, 0.1) is 6.61 Å². The molecule has 0 atom stereocenters. The quantitative estimate of drug-likeness (QED) is 0.551. The largest absolute Gasteiger partial charge is 0.450 e. The molecule has 0 bridgehead atoms. The lowest BCUT2D eigenvalue weighted by Gasteiger charge is -2.33. The summed E-state index contributed by atoms with van der Waals surface area (Å²) in [4.78, 5) is 38.5. The van der Waals surface area contributed by atoms with Gasteiger partial charge in [-0.1, -0.05) is 19.3 Å². The van der Waals surface area contributed by atoms with E-state index >= 15 is 0 Å². The molecule has 1 aromatic carbocycles. The minimum absolute atomic E-state index is 0.0516.